The van der Waals surface area contributed by atoms with Gasteiger partial charge in [-0.05, 0) is 27.7 Å². The topological polar surface area (TPSA) is 76.6 Å². The molecule has 0 amide bonds. The van der Waals surface area contributed by atoms with Crippen molar-refractivity contribution in [3.05, 3.63) is 16.6 Å². The van der Waals surface area contributed by atoms with E-state index in [2.05, 4.69) is 5.32 Å². The molecule has 92 valence electrons. The van der Waals surface area contributed by atoms with Crippen LogP contribution in [-0.2, 0) is 11.3 Å². The number of aliphatic hydroxyl groups is 1. The first-order valence-corrected chi connectivity index (χ1v) is 5.14. The Kier molecular flexibility index (Phi) is 3.77. The molecular weight excluding hydrogens is 212 g/mol. The van der Waals surface area contributed by atoms with Gasteiger partial charge in [-0.2, -0.15) is 4.74 Å². The van der Waals surface area contributed by atoms with Crippen LogP contribution in [0.3, 0.4) is 0 Å². The monoisotopic (exact) mass is 230 g/mol. The second-order valence-electron chi connectivity index (χ2n) is 4.36. The van der Waals surface area contributed by atoms with Gasteiger partial charge in [0.1, 0.15) is 12.0 Å². The molecule has 1 atom stereocenters. The molecule has 0 saturated carbocycles. The zero-order valence-electron chi connectivity index (χ0n) is 9.98. The lowest BCUT2D eigenvalue weighted by Crippen LogP contribution is -2.34. The largest absolute Gasteiger partial charge is 0.382 e. The average molecular weight is 230 g/mol. The van der Waals surface area contributed by atoms with Crippen molar-refractivity contribution in [1.29, 1.82) is 0 Å². The summed E-state index contributed by atoms with van der Waals surface area (Å²) in [5.74, 6) is 0. The van der Waals surface area contributed by atoms with Crippen LogP contribution >= 0.6 is 0 Å². The number of nitrogens with zero attached hydrogens (tertiary/aromatic N) is 1. The number of anilines is 1. The quantitative estimate of drug-likeness (QED) is 0.753. The molecule has 1 aromatic rings. The molecule has 0 bridgehead atoms. The molecule has 0 aliphatic carbocycles. The minimum absolute atomic E-state index is 0.179. The van der Waals surface area contributed by atoms with Crippen LogP contribution in [0.15, 0.2) is 15.6 Å². The van der Waals surface area contributed by atoms with Gasteiger partial charge in [-0.15, -0.1) is 0 Å². The van der Waals surface area contributed by atoms with Crippen LogP contribution in [0.25, 0.3) is 0 Å². The van der Waals surface area contributed by atoms with Gasteiger partial charge in [-0.3, -0.25) is 4.79 Å². The Morgan fingerprint density at radius 3 is 2.69 bits per heavy atom. The molecular formula is C10H18N2O4. The highest BCUT2D eigenvalue weighted by molar-refractivity contribution is 5.36. The molecule has 0 spiro atoms. The van der Waals surface area contributed by atoms with Crippen molar-refractivity contribution < 1.29 is 14.4 Å². The molecule has 1 aromatic heterocycles. The van der Waals surface area contributed by atoms with E-state index in [1.165, 1.54) is 11.0 Å². The van der Waals surface area contributed by atoms with E-state index in [1.54, 1.807) is 27.7 Å². The fraction of sp³-hybridized carbons (Fsp3) is 0.700. The molecule has 6 heteroatoms. The van der Waals surface area contributed by atoms with E-state index in [4.69, 9.17) is 9.26 Å². The zero-order valence-corrected chi connectivity index (χ0v) is 9.98. The summed E-state index contributed by atoms with van der Waals surface area (Å²) in [7, 11) is 0. The summed E-state index contributed by atoms with van der Waals surface area (Å²) in [4.78, 5) is 11.5. The van der Waals surface area contributed by atoms with Gasteiger partial charge < -0.3 is 19.7 Å². The van der Waals surface area contributed by atoms with E-state index in [9.17, 15) is 9.90 Å². The van der Waals surface area contributed by atoms with Crippen LogP contribution in [0, 0.1) is 0 Å². The number of aromatic nitrogens is 1. The average Bonchev–Trinajstić information content (AvgIpc) is 2.44. The fourth-order valence-electron chi connectivity index (χ4n) is 1.16. The van der Waals surface area contributed by atoms with Gasteiger partial charge in [0.05, 0.1) is 12.1 Å². The maximum Gasteiger partial charge on any atom is 0.305 e. The Morgan fingerprint density at radius 2 is 2.25 bits per heavy atom. The van der Waals surface area contributed by atoms with Gasteiger partial charge >= 0.3 is 5.56 Å². The summed E-state index contributed by atoms with van der Waals surface area (Å²) < 4.78 is 11.3. The Hall–Kier alpha value is -1.27. The van der Waals surface area contributed by atoms with Crippen LogP contribution in [0.2, 0.25) is 0 Å². The number of aryl methyl sites for hydroxylation is 1. The van der Waals surface area contributed by atoms with E-state index < -0.39 is 12.0 Å². The van der Waals surface area contributed by atoms with Gasteiger partial charge in [-0.25, -0.2) is 0 Å². The van der Waals surface area contributed by atoms with Crippen LogP contribution in [0.5, 0.6) is 0 Å². The second kappa shape index (κ2) is 4.71. The summed E-state index contributed by atoms with van der Waals surface area (Å²) in [6, 6.07) is 0. The highest BCUT2D eigenvalue weighted by Gasteiger charge is 2.18. The highest BCUT2D eigenvalue weighted by atomic mass is 16.6. The molecule has 6 nitrogen and oxygen atoms in total. The Morgan fingerprint density at radius 1 is 1.62 bits per heavy atom. The number of hydrogen-bond acceptors (Lipinski definition) is 5. The molecule has 0 radical (unpaired) electrons. The number of hydrogen-bond donors (Lipinski definition) is 2. The maximum absolute atomic E-state index is 11.5. The van der Waals surface area contributed by atoms with Crippen molar-refractivity contribution in [2.24, 2.45) is 0 Å². The van der Waals surface area contributed by atoms with Crippen molar-refractivity contribution in [3.63, 3.8) is 0 Å². The SMILES string of the molecule is CCn1occ(NC(O)OC(C)(C)C)c1=O. The van der Waals surface area contributed by atoms with Crippen molar-refractivity contribution in [1.82, 2.24) is 4.74 Å². The third-order valence-corrected chi connectivity index (χ3v) is 1.79. The number of rotatable bonds is 4. The lowest BCUT2D eigenvalue weighted by molar-refractivity contribution is -0.148. The lowest BCUT2D eigenvalue weighted by atomic mass is 10.2. The van der Waals surface area contributed by atoms with Crippen LogP contribution in [0.1, 0.15) is 27.7 Å². The van der Waals surface area contributed by atoms with Crippen LogP contribution in [0.4, 0.5) is 5.69 Å². The standard InChI is InChI=1S/C10H18N2O4/c1-5-12-8(13)7(6-15-12)11-9(14)16-10(2,3)4/h6,9,11,14H,5H2,1-4H3. The summed E-state index contributed by atoms with van der Waals surface area (Å²) in [6.45, 7) is 7.64. The van der Waals surface area contributed by atoms with E-state index in [-0.39, 0.29) is 11.2 Å². The van der Waals surface area contributed by atoms with E-state index >= 15 is 0 Å². The summed E-state index contributed by atoms with van der Waals surface area (Å²) in [5.41, 5.74) is -0.641. The Bertz CT molecular complexity index is 388. The molecule has 1 unspecified atom stereocenters. The fourth-order valence-corrected chi connectivity index (χ4v) is 1.16. The third-order valence-electron chi connectivity index (χ3n) is 1.79. The smallest absolute Gasteiger partial charge is 0.305 e. The van der Waals surface area contributed by atoms with Crippen LogP contribution in [-0.4, -0.2) is 21.9 Å². The van der Waals surface area contributed by atoms with E-state index in [0.29, 0.717) is 6.54 Å². The van der Waals surface area contributed by atoms with Crippen molar-refractivity contribution >= 4 is 5.69 Å². The summed E-state index contributed by atoms with van der Waals surface area (Å²) in [5, 5.41) is 12.0. The number of nitrogens with one attached hydrogen (secondary N) is 1. The minimum Gasteiger partial charge on any atom is -0.382 e. The van der Waals surface area contributed by atoms with Gasteiger partial charge in [0, 0.05) is 0 Å². The number of ether oxygens (including phenoxy) is 1. The molecule has 1 heterocycles. The molecule has 0 fully saturated rings. The molecule has 1 rings (SSSR count). The molecule has 0 aromatic carbocycles. The third kappa shape index (κ3) is 3.39. The van der Waals surface area contributed by atoms with Crippen molar-refractivity contribution in [2.75, 3.05) is 5.32 Å². The normalized spacial score (nSPS) is 13.8. The van der Waals surface area contributed by atoms with E-state index in [1.807, 2.05) is 0 Å². The first kappa shape index (κ1) is 12.8. The Labute approximate surface area is 93.8 Å². The molecule has 2 N–H and O–H groups in total. The first-order valence-electron chi connectivity index (χ1n) is 5.14. The minimum atomic E-state index is -1.24. The van der Waals surface area contributed by atoms with Gasteiger partial charge in [0.15, 0.2) is 0 Å². The maximum atomic E-state index is 11.5. The predicted octanol–water partition coefficient (Wildman–Crippen LogP) is 0.964. The zero-order chi connectivity index (χ0) is 12.3. The lowest BCUT2D eigenvalue weighted by Gasteiger charge is -2.23. The molecule has 16 heavy (non-hydrogen) atoms. The van der Waals surface area contributed by atoms with Gasteiger partial charge in [-0.1, -0.05) is 0 Å². The predicted molar refractivity (Wildman–Crippen MR) is 59.1 cm³/mol. The second-order valence-corrected chi connectivity index (χ2v) is 4.36. The van der Waals surface area contributed by atoms with Crippen molar-refractivity contribution in [2.45, 2.75) is 46.3 Å². The molecule has 0 saturated heterocycles. The first-order chi connectivity index (χ1) is 7.33. The van der Waals surface area contributed by atoms with Gasteiger partial charge in [0.2, 0.25) is 6.41 Å². The number of aliphatic hydroxyl groups excluding tert-OH is 1. The highest BCUT2D eigenvalue weighted by Crippen LogP contribution is 2.11. The molecule has 0 aliphatic rings. The summed E-state index contributed by atoms with van der Waals surface area (Å²) in [6.07, 6.45) is 0.0109. The summed E-state index contributed by atoms with van der Waals surface area (Å²) >= 11 is 0. The Balaban J connectivity index is 2.67. The van der Waals surface area contributed by atoms with Crippen molar-refractivity contribution in [3.8, 4) is 0 Å². The molecule has 0 aliphatic heterocycles. The van der Waals surface area contributed by atoms with Gasteiger partial charge in [0.25, 0.3) is 0 Å². The van der Waals surface area contributed by atoms with E-state index in [0.717, 1.165) is 0 Å². The van der Waals surface area contributed by atoms with Crippen LogP contribution < -0.4 is 10.9 Å².